The van der Waals surface area contributed by atoms with Crippen LogP contribution in [0.1, 0.15) is 12.8 Å². The number of hydrogen-bond donors (Lipinski definition) is 1. The molecule has 24 heavy (non-hydrogen) atoms. The van der Waals surface area contributed by atoms with Crippen LogP contribution in [-0.2, 0) is 0 Å². The zero-order valence-electron chi connectivity index (χ0n) is 13.5. The fourth-order valence-electron chi connectivity index (χ4n) is 3.10. The Bertz CT molecular complexity index is 888. The summed E-state index contributed by atoms with van der Waals surface area (Å²) in [6, 6.07) is 10.3. The fourth-order valence-corrected chi connectivity index (χ4v) is 3.10. The van der Waals surface area contributed by atoms with Crippen LogP contribution in [0.25, 0.3) is 16.9 Å². The lowest BCUT2D eigenvalue weighted by atomic mass is 10.1. The molecule has 6 heteroatoms. The van der Waals surface area contributed by atoms with Gasteiger partial charge in [-0.05, 0) is 25.0 Å². The van der Waals surface area contributed by atoms with Crippen molar-refractivity contribution in [1.29, 1.82) is 0 Å². The van der Waals surface area contributed by atoms with Gasteiger partial charge in [0.15, 0.2) is 5.65 Å². The van der Waals surface area contributed by atoms with E-state index in [1.165, 1.54) is 6.07 Å². The molecule has 1 aliphatic rings. The summed E-state index contributed by atoms with van der Waals surface area (Å²) in [7, 11) is 1.97. The van der Waals surface area contributed by atoms with E-state index in [2.05, 4.69) is 15.0 Å². The number of hydrogen-bond acceptors (Lipinski definition) is 4. The van der Waals surface area contributed by atoms with Gasteiger partial charge in [-0.3, -0.25) is 0 Å². The third-order valence-corrected chi connectivity index (χ3v) is 4.75. The number of aromatic nitrogens is 3. The second-order valence-electron chi connectivity index (χ2n) is 6.59. The minimum atomic E-state index is -0.295. The predicted octanol–water partition coefficient (Wildman–Crippen LogP) is 2.74. The number of halogens is 1. The van der Waals surface area contributed by atoms with Crippen LogP contribution >= 0.6 is 0 Å². The highest BCUT2D eigenvalue weighted by atomic mass is 19.1. The van der Waals surface area contributed by atoms with Gasteiger partial charge in [0, 0.05) is 36.7 Å². The molecule has 1 aromatic carbocycles. The van der Waals surface area contributed by atoms with Gasteiger partial charge in [0.1, 0.15) is 11.6 Å². The Morgan fingerprint density at radius 3 is 2.79 bits per heavy atom. The number of aliphatic hydroxyl groups is 1. The van der Waals surface area contributed by atoms with Crippen LogP contribution in [0, 0.1) is 11.2 Å². The number of benzene rings is 1. The van der Waals surface area contributed by atoms with Gasteiger partial charge in [-0.25, -0.2) is 9.37 Å². The molecule has 2 aromatic heterocycles. The Hall–Kier alpha value is -2.47. The van der Waals surface area contributed by atoms with Gasteiger partial charge < -0.3 is 10.0 Å². The Balaban J connectivity index is 1.79. The molecule has 0 bridgehead atoms. The van der Waals surface area contributed by atoms with Crippen LogP contribution in [0.15, 0.2) is 42.6 Å². The molecule has 124 valence electrons. The lowest BCUT2D eigenvalue weighted by molar-refractivity contribution is 0.215. The Kier molecular flexibility index (Phi) is 3.49. The highest BCUT2D eigenvalue weighted by molar-refractivity contribution is 5.67. The highest BCUT2D eigenvalue weighted by Crippen LogP contribution is 2.46. The number of anilines is 1. The summed E-state index contributed by atoms with van der Waals surface area (Å²) in [5.41, 5.74) is 1.71. The van der Waals surface area contributed by atoms with Gasteiger partial charge in [-0.2, -0.15) is 9.61 Å². The van der Waals surface area contributed by atoms with Crippen molar-refractivity contribution in [1.82, 2.24) is 14.6 Å². The third-order valence-electron chi connectivity index (χ3n) is 4.75. The molecule has 0 amide bonds. The summed E-state index contributed by atoms with van der Waals surface area (Å²) in [4.78, 5) is 6.59. The molecule has 0 aliphatic heterocycles. The molecule has 2 heterocycles. The van der Waals surface area contributed by atoms with Crippen molar-refractivity contribution < 1.29 is 9.50 Å². The molecule has 1 N–H and O–H groups in total. The quantitative estimate of drug-likeness (QED) is 0.783. The van der Waals surface area contributed by atoms with Gasteiger partial charge in [0.25, 0.3) is 0 Å². The van der Waals surface area contributed by atoms with Crippen molar-refractivity contribution in [3.05, 3.63) is 48.4 Å². The fraction of sp³-hybridized carbons (Fsp3) is 0.333. The van der Waals surface area contributed by atoms with Gasteiger partial charge in [-0.15, -0.1) is 0 Å². The average molecular weight is 326 g/mol. The van der Waals surface area contributed by atoms with E-state index in [9.17, 15) is 9.50 Å². The van der Waals surface area contributed by atoms with E-state index in [4.69, 9.17) is 0 Å². The highest BCUT2D eigenvalue weighted by Gasteiger charge is 2.43. The Labute approximate surface area is 139 Å². The van der Waals surface area contributed by atoms with E-state index in [1.807, 2.05) is 13.1 Å². The topological polar surface area (TPSA) is 53.7 Å². The van der Waals surface area contributed by atoms with Crippen LogP contribution in [0.3, 0.4) is 0 Å². The molecule has 1 saturated carbocycles. The summed E-state index contributed by atoms with van der Waals surface area (Å²) in [5, 5.41) is 13.9. The van der Waals surface area contributed by atoms with Gasteiger partial charge in [0.2, 0.25) is 0 Å². The van der Waals surface area contributed by atoms with Crippen molar-refractivity contribution in [2.24, 2.45) is 5.41 Å². The van der Waals surface area contributed by atoms with Crippen LogP contribution in [0.5, 0.6) is 0 Å². The average Bonchev–Trinajstić information content (AvgIpc) is 3.20. The molecule has 3 aromatic rings. The van der Waals surface area contributed by atoms with E-state index in [-0.39, 0.29) is 17.8 Å². The zero-order chi connectivity index (χ0) is 16.7. The molecule has 0 saturated heterocycles. The molecule has 1 aliphatic carbocycles. The van der Waals surface area contributed by atoms with E-state index >= 15 is 0 Å². The molecule has 1 fully saturated rings. The molecular weight excluding hydrogens is 307 g/mol. The first-order chi connectivity index (χ1) is 11.6. The maximum Gasteiger partial charge on any atom is 0.157 e. The molecule has 0 unspecified atom stereocenters. The molecular formula is C18H19FN4O. The first kappa shape index (κ1) is 15.1. The first-order valence-corrected chi connectivity index (χ1v) is 8.04. The SMILES string of the molecule is CN(CC1(CO)CC1)c1cc(-c2ccccc2F)nc2ccnn12. The number of nitrogens with zero attached hydrogens (tertiary/aromatic N) is 4. The van der Waals surface area contributed by atoms with Gasteiger partial charge in [0.05, 0.1) is 18.5 Å². The number of rotatable bonds is 5. The van der Waals surface area contributed by atoms with Gasteiger partial charge >= 0.3 is 0 Å². The van der Waals surface area contributed by atoms with Crippen LogP contribution in [-0.4, -0.2) is 39.9 Å². The van der Waals surface area contributed by atoms with Crippen molar-refractivity contribution >= 4 is 11.5 Å². The number of fused-ring (bicyclic) bond motifs is 1. The second kappa shape index (κ2) is 5.56. The summed E-state index contributed by atoms with van der Waals surface area (Å²) >= 11 is 0. The Morgan fingerprint density at radius 2 is 2.08 bits per heavy atom. The van der Waals surface area contributed by atoms with E-state index in [0.29, 0.717) is 16.9 Å². The van der Waals surface area contributed by atoms with E-state index in [1.54, 1.807) is 35.0 Å². The predicted molar refractivity (Wildman–Crippen MR) is 90.4 cm³/mol. The summed E-state index contributed by atoms with van der Waals surface area (Å²) in [5.74, 6) is 0.541. The monoisotopic (exact) mass is 326 g/mol. The minimum Gasteiger partial charge on any atom is -0.396 e. The molecule has 5 nitrogen and oxygen atoms in total. The summed E-state index contributed by atoms with van der Waals surface area (Å²) in [6.45, 7) is 0.921. The smallest absolute Gasteiger partial charge is 0.157 e. The summed E-state index contributed by atoms with van der Waals surface area (Å²) < 4.78 is 15.9. The normalized spacial score (nSPS) is 15.6. The molecule has 0 spiro atoms. The van der Waals surface area contributed by atoms with E-state index < -0.39 is 0 Å². The molecule has 4 rings (SSSR count). The van der Waals surface area contributed by atoms with Crippen LogP contribution in [0.2, 0.25) is 0 Å². The Morgan fingerprint density at radius 1 is 1.29 bits per heavy atom. The lowest BCUT2D eigenvalue weighted by Gasteiger charge is -2.25. The lowest BCUT2D eigenvalue weighted by Crippen LogP contribution is -2.30. The maximum atomic E-state index is 14.2. The van der Waals surface area contributed by atoms with Crippen molar-refractivity contribution in [3.8, 4) is 11.3 Å². The third kappa shape index (κ3) is 2.53. The summed E-state index contributed by atoms with van der Waals surface area (Å²) in [6.07, 6.45) is 3.74. The van der Waals surface area contributed by atoms with Crippen molar-refractivity contribution in [2.75, 3.05) is 25.1 Å². The largest absolute Gasteiger partial charge is 0.396 e. The van der Waals surface area contributed by atoms with Crippen molar-refractivity contribution in [3.63, 3.8) is 0 Å². The number of aliphatic hydroxyl groups excluding tert-OH is 1. The maximum absolute atomic E-state index is 14.2. The standard InChI is InChI=1S/C18H19FN4O/c1-22(11-18(12-24)7-8-18)17-10-15(13-4-2-3-5-14(13)19)21-16-6-9-20-23(16)17/h2-6,9-10,24H,7-8,11-12H2,1H3. The van der Waals surface area contributed by atoms with Crippen LogP contribution < -0.4 is 4.90 Å². The van der Waals surface area contributed by atoms with Crippen molar-refractivity contribution in [2.45, 2.75) is 12.8 Å². The first-order valence-electron chi connectivity index (χ1n) is 8.04. The zero-order valence-corrected chi connectivity index (χ0v) is 13.5. The van der Waals surface area contributed by atoms with Gasteiger partial charge in [-0.1, -0.05) is 12.1 Å². The second-order valence-corrected chi connectivity index (χ2v) is 6.59. The van der Waals surface area contributed by atoms with E-state index in [0.717, 1.165) is 25.2 Å². The minimum absolute atomic E-state index is 0.0182. The molecule has 0 atom stereocenters. The van der Waals surface area contributed by atoms with Crippen LogP contribution in [0.4, 0.5) is 10.2 Å². The molecule has 0 radical (unpaired) electrons.